The second-order valence-electron chi connectivity index (χ2n) is 4.55. The smallest absolute Gasteiger partial charge is 0.407 e. The zero-order valence-corrected chi connectivity index (χ0v) is 11.4. The summed E-state index contributed by atoms with van der Waals surface area (Å²) < 4.78 is 5.13. The molecule has 1 atom stereocenters. The maximum absolute atomic E-state index is 11.4. The number of thioether (sulfide) groups is 1. The predicted molar refractivity (Wildman–Crippen MR) is 66.6 cm³/mol. The van der Waals surface area contributed by atoms with E-state index in [1.54, 1.807) is 0 Å². The molecule has 0 radical (unpaired) electrons. The van der Waals surface area contributed by atoms with Crippen LogP contribution in [0.4, 0.5) is 4.79 Å². The van der Waals surface area contributed by atoms with Crippen LogP contribution >= 0.6 is 11.8 Å². The molecule has 94 valence electrons. The van der Waals surface area contributed by atoms with E-state index in [-0.39, 0.29) is 11.2 Å². The first-order valence-electron chi connectivity index (χ1n) is 5.37. The fraction of sp³-hybridized carbons (Fsp3) is 0.818. The molecular weight excluding hydrogens is 226 g/mol. The third-order valence-electron chi connectivity index (χ3n) is 1.70. The highest BCUT2D eigenvalue weighted by molar-refractivity contribution is 8.13. The van der Waals surface area contributed by atoms with Crippen molar-refractivity contribution in [1.82, 2.24) is 5.32 Å². The van der Waals surface area contributed by atoms with Crippen molar-refractivity contribution >= 4 is 23.0 Å². The number of hydrogen-bond acceptors (Lipinski definition) is 4. The first kappa shape index (κ1) is 15.3. The van der Waals surface area contributed by atoms with E-state index in [2.05, 4.69) is 5.32 Å². The Hall–Kier alpha value is -0.710. The van der Waals surface area contributed by atoms with Crippen molar-refractivity contribution in [3.8, 4) is 0 Å². The summed E-state index contributed by atoms with van der Waals surface area (Å²) in [5.41, 5.74) is -0.490. The molecule has 0 aliphatic carbocycles. The highest BCUT2D eigenvalue weighted by Crippen LogP contribution is 2.09. The summed E-state index contributed by atoms with van der Waals surface area (Å²) in [5, 5.41) is 2.80. The molecule has 4 nitrogen and oxygen atoms in total. The normalized spacial score (nSPS) is 13.1. The van der Waals surface area contributed by atoms with E-state index in [9.17, 15) is 9.59 Å². The zero-order valence-electron chi connectivity index (χ0n) is 10.6. The van der Waals surface area contributed by atoms with Gasteiger partial charge in [-0.2, -0.15) is 0 Å². The van der Waals surface area contributed by atoms with Gasteiger partial charge in [0.15, 0.2) is 5.12 Å². The van der Waals surface area contributed by atoms with Crippen LogP contribution in [0.5, 0.6) is 0 Å². The molecule has 0 spiro atoms. The van der Waals surface area contributed by atoms with Gasteiger partial charge in [-0.1, -0.05) is 18.7 Å². The van der Waals surface area contributed by atoms with Gasteiger partial charge in [0.1, 0.15) is 5.60 Å². The molecule has 0 fully saturated rings. The predicted octanol–water partition coefficient (Wildman–Crippen LogP) is 2.57. The summed E-state index contributed by atoms with van der Waals surface area (Å²) in [6, 6.07) is -0.0243. The summed E-state index contributed by atoms with van der Waals surface area (Å²) in [6.07, 6.45) is 0.350. The molecule has 0 aromatic carbocycles. The lowest BCUT2D eigenvalue weighted by atomic mass is 10.2. The quantitative estimate of drug-likeness (QED) is 0.829. The Kier molecular flexibility index (Phi) is 6.48. The third-order valence-corrected chi connectivity index (χ3v) is 2.68. The van der Waals surface area contributed by atoms with E-state index in [1.807, 2.05) is 27.7 Å². The second-order valence-corrected chi connectivity index (χ2v) is 5.75. The molecule has 0 saturated carbocycles. The van der Waals surface area contributed by atoms with Crippen LogP contribution in [0, 0.1) is 0 Å². The number of alkyl carbamates (subject to hydrolysis) is 1. The number of nitrogens with one attached hydrogen (secondary N) is 1. The lowest BCUT2D eigenvalue weighted by Gasteiger charge is -2.22. The Balaban J connectivity index is 4.02. The van der Waals surface area contributed by atoms with Crippen molar-refractivity contribution in [2.45, 2.75) is 52.7 Å². The van der Waals surface area contributed by atoms with Gasteiger partial charge in [0, 0.05) is 18.7 Å². The summed E-state index contributed by atoms with van der Waals surface area (Å²) in [6.45, 7) is 8.93. The van der Waals surface area contributed by atoms with Crippen molar-refractivity contribution in [2.75, 3.05) is 5.75 Å². The van der Waals surface area contributed by atoms with Crippen molar-refractivity contribution < 1.29 is 14.3 Å². The number of hydrogen-bond donors (Lipinski definition) is 1. The van der Waals surface area contributed by atoms with Crippen LogP contribution < -0.4 is 5.32 Å². The maximum Gasteiger partial charge on any atom is 0.407 e. The van der Waals surface area contributed by atoms with E-state index < -0.39 is 11.7 Å². The summed E-state index contributed by atoms with van der Waals surface area (Å²) in [4.78, 5) is 22.2. The number of carbonyl (C=O) groups is 2. The molecule has 1 N–H and O–H groups in total. The monoisotopic (exact) mass is 247 g/mol. The Morgan fingerprint density at radius 2 is 1.94 bits per heavy atom. The van der Waals surface area contributed by atoms with Gasteiger partial charge in [-0.3, -0.25) is 4.79 Å². The molecular formula is C11H21NO3S. The SMILES string of the molecule is CC[C@H](CSC(C)=O)NC(=O)OC(C)(C)C. The summed E-state index contributed by atoms with van der Waals surface area (Å²) >= 11 is 1.21. The van der Waals surface area contributed by atoms with Gasteiger partial charge in [0.2, 0.25) is 0 Å². The van der Waals surface area contributed by atoms with Gasteiger partial charge in [0.25, 0.3) is 0 Å². The first-order valence-corrected chi connectivity index (χ1v) is 6.36. The fourth-order valence-corrected chi connectivity index (χ4v) is 1.71. The van der Waals surface area contributed by atoms with Gasteiger partial charge >= 0.3 is 6.09 Å². The van der Waals surface area contributed by atoms with Gasteiger partial charge in [-0.25, -0.2) is 4.79 Å². The molecule has 0 bridgehead atoms. The summed E-state index contributed by atoms with van der Waals surface area (Å²) in [5.74, 6) is 0.588. The van der Waals surface area contributed by atoms with Crippen molar-refractivity contribution in [3.05, 3.63) is 0 Å². The average Bonchev–Trinajstić information content (AvgIpc) is 2.08. The Bertz CT molecular complexity index is 248. The first-order chi connectivity index (χ1) is 7.24. The molecule has 1 amide bonds. The van der Waals surface area contributed by atoms with E-state index in [0.29, 0.717) is 5.75 Å². The molecule has 0 heterocycles. The van der Waals surface area contributed by atoms with Crippen LogP contribution in [-0.2, 0) is 9.53 Å². The zero-order chi connectivity index (χ0) is 12.8. The van der Waals surface area contributed by atoms with Crippen molar-refractivity contribution in [1.29, 1.82) is 0 Å². The molecule has 0 aromatic heterocycles. The number of carbonyl (C=O) groups excluding carboxylic acids is 2. The number of ether oxygens (including phenoxy) is 1. The topological polar surface area (TPSA) is 55.4 Å². The van der Waals surface area contributed by atoms with Crippen molar-refractivity contribution in [2.24, 2.45) is 0 Å². The Morgan fingerprint density at radius 1 is 1.38 bits per heavy atom. The van der Waals surface area contributed by atoms with Crippen LogP contribution in [0.15, 0.2) is 0 Å². The maximum atomic E-state index is 11.4. The molecule has 0 aromatic rings. The minimum Gasteiger partial charge on any atom is -0.444 e. The fourth-order valence-electron chi connectivity index (χ4n) is 0.954. The third kappa shape index (κ3) is 8.59. The van der Waals surface area contributed by atoms with Crippen LogP contribution in [0.1, 0.15) is 41.0 Å². The second kappa shape index (κ2) is 6.78. The van der Waals surface area contributed by atoms with Crippen LogP contribution in [0.3, 0.4) is 0 Å². The van der Waals surface area contributed by atoms with Gasteiger partial charge in [0.05, 0.1) is 0 Å². The standard InChI is InChI=1S/C11H21NO3S/c1-6-9(7-16-8(2)13)12-10(14)15-11(3,4)5/h9H,6-7H2,1-5H3,(H,12,14)/t9-/m1/s1. The number of amides is 1. The highest BCUT2D eigenvalue weighted by Gasteiger charge is 2.18. The van der Waals surface area contributed by atoms with Crippen LogP contribution in [0.25, 0.3) is 0 Å². The Morgan fingerprint density at radius 3 is 2.31 bits per heavy atom. The highest BCUT2D eigenvalue weighted by atomic mass is 32.2. The Labute approximate surface area is 101 Å². The van der Waals surface area contributed by atoms with Crippen molar-refractivity contribution in [3.63, 3.8) is 0 Å². The van der Waals surface area contributed by atoms with Gasteiger partial charge in [-0.15, -0.1) is 0 Å². The molecule has 5 heteroatoms. The van der Waals surface area contributed by atoms with E-state index in [1.165, 1.54) is 18.7 Å². The lowest BCUT2D eigenvalue weighted by molar-refractivity contribution is -0.109. The molecule has 0 rings (SSSR count). The summed E-state index contributed by atoms with van der Waals surface area (Å²) in [7, 11) is 0. The van der Waals surface area contributed by atoms with E-state index in [0.717, 1.165) is 6.42 Å². The molecule has 0 unspecified atom stereocenters. The molecule has 0 aliphatic heterocycles. The molecule has 0 saturated heterocycles. The van der Waals surface area contributed by atoms with Gasteiger partial charge in [-0.05, 0) is 27.2 Å². The molecule has 16 heavy (non-hydrogen) atoms. The van der Waals surface area contributed by atoms with E-state index in [4.69, 9.17) is 4.74 Å². The lowest BCUT2D eigenvalue weighted by Crippen LogP contribution is -2.40. The largest absolute Gasteiger partial charge is 0.444 e. The number of rotatable bonds is 4. The minimum absolute atomic E-state index is 0.0243. The average molecular weight is 247 g/mol. The van der Waals surface area contributed by atoms with Crippen LogP contribution in [-0.4, -0.2) is 28.6 Å². The minimum atomic E-state index is -0.490. The van der Waals surface area contributed by atoms with Gasteiger partial charge < -0.3 is 10.1 Å². The molecule has 0 aliphatic rings. The van der Waals surface area contributed by atoms with E-state index >= 15 is 0 Å². The van der Waals surface area contributed by atoms with Crippen LogP contribution in [0.2, 0.25) is 0 Å².